The molecule has 0 aromatic heterocycles. The lowest BCUT2D eigenvalue weighted by molar-refractivity contribution is 0.0856. The molecule has 2 heterocycles. The molecule has 3 rings (SSSR count). The van der Waals surface area contributed by atoms with Crippen molar-refractivity contribution in [2.45, 2.75) is 37.5 Å². The van der Waals surface area contributed by atoms with Gasteiger partial charge >= 0.3 is 0 Å². The molecule has 2 saturated heterocycles. The van der Waals surface area contributed by atoms with E-state index < -0.39 is 0 Å². The van der Waals surface area contributed by atoms with Crippen molar-refractivity contribution in [2.24, 2.45) is 11.8 Å². The average Bonchev–Trinajstić information content (AvgIpc) is 3.10. The molecule has 0 saturated carbocycles. The first kappa shape index (κ1) is 13.7. The van der Waals surface area contributed by atoms with Crippen LogP contribution < -0.4 is 20.7 Å². The van der Waals surface area contributed by atoms with Crippen LogP contribution in [0.2, 0.25) is 0 Å². The molecular formula is C15H22N2O3. The highest BCUT2D eigenvalue weighted by Crippen LogP contribution is 2.45. The lowest BCUT2D eigenvalue weighted by Crippen LogP contribution is -2.37. The van der Waals surface area contributed by atoms with E-state index in [0.29, 0.717) is 18.1 Å². The number of rotatable bonds is 5. The number of nitrogens with two attached hydrogens (primary N) is 1. The SMILES string of the molecule is COc1cc(OC)cc(C(NN)C2CC3CCC2O3)c1. The summed E-state index contributed by atoms with van der Waals surface area (Å²) in [5, 5.41) is 0. The number of hydrogen-bond acceptors (Lipinski definition) is 5. The number of nitrogens with one attached hydrogen (secondary N) is 1. The zero-order chi connectivity index (χ0) is 14.1. The van der Waals surface area contributed by atoms with Crippen LogP contribution in [0.5, 0.6) is 11.5 Å². The smallest absolute Gasteiger partial charge is 0.122 e. The Morgan fingerprint density at radius 1 is 1.20 bits per heavy atom. The van der Waals surface area contributed by atoms with Crippen molar-refractivity contribution in [1.82, 2.24) is 5.43 Å². The molecule has 5 heteroatoms. The molecule has 2 aliphatic heterocycles. The molecule has 0 spiro atoms. The molecular weight excluding hydrogens is 256 g/mol. The second-order valence-corrected chi connectivity index (χ2v) is 5.56. The fourth-order valence-corrected chi connectivity index (χ4v) is 3.50. The van der Waals surface area contributed by atoms with Crippen LogP contribution in [0.25, 0.3) is 0 Å². The van der Waals surface area contributed by atoms with Crippen LogP contribution in [-0.4, -0.2) is 26.4 Å². The maximum Gasteiger partial charge on any atom is 0.122 e. The molecule has 3 N–H and O–H groups in total. The minimum absolute atomic E-state index is 0.0642. The van der Waals surface area contributed by atoms with E-state index in [9.17, 15) is 0 Å². The van der Waals surface area contributed by atoms with Gasteiger partial charge in [-0.3, -0.25) is 11.3 Å². The normalized spacial score (nSPS) is 29.4. The van der Waals surface area contributed by atoms with Crippen LogP contribution >= 0.6 is 0 Å². The molecule has 0 aliphatic carbocycles. The van der Waals surface area contributed by atoms with Crippen molar-refractivity contribution < 1.29 is 14.2 Å². The third-order valence-corrected chi connectivity index (χ3v) is 4.49. The summed E-state index contributed by atoms with van der Waals surface area (Å²) in [6, 6.07) is 5.96. The molecule has 5 nitrogen and oxygen atoms in total. The maximum absolute atomic E-state index is 5.94. The summed E-state index contributed by atoms with van der Waals surface area (Å²) in [5.74, 6) is 7.79. The van der Waals surface area contributed by atoms with Gasteiger partial charge in [-0.1, -0.05) is 0 Å². The minimum atomic E-state index is 0.0642. The van der Waals surface area contributed by atoms with Crippen LogP contribution in [-0.2, 0) is 4.74 Å². The highest BCUT2D eigenvalue weighted by atomic mass is 16.5. The van der Waals surface area contributed by atoms with E-state index in [1.165, 1.54) is 6.42 Å². The molecule has 2 fully saturated rings. The summed E-state index contributed by atoms with van der Waals surface area (Å²) in [4.78, 5) is 0. The predicted octanol–water partition coefficient (Wildman–Crippen LogP) is 1.78. The van der Waals surface area contributed by atoms with Crippen molar-refractivity contribution in [3.8, 4) is 11.5 Å². The standard InChI is InChI=1S/C15H22N2O3/c1-18-11-5-9(6-12(7-11)19-2)15(17-16)13-8-10-3-4-14(13)20-10/h5-7,10,13-15,17H,3-4,8,16H2,1-2H3. The Morgan fingerprint density at radius 3 is 2.35 bits per heavy atom. The first-order valence-corrected chi connectivity index (χ1v) is 7.09. The van der Waals surface area contributed by atoms with Gasteiger partial charge in [-0.05, 0) is 37.0 Å². The molecule has 110 valence electrons. The lowest BCUT2D eigenvalue weighted by Gasteiger charge is -2.28. The predicted molar refractivity (Wildman–Crippen MR) is 75.6 cm³/mol. The van der Waals surface area contributed by atoms with Crippen LogP contribution in [0.3, 0.4) is 0 Å². The Labute approximate surface area is 119 Å². The van der Waals surface area contributed by atoms with E-state index in [0.717, 1.165) is 29.9 Å². The zero-order valence-corrected chi connectivity index (χ0v) is 12.0. The van der Waals surface area contributed by atoms with Gasteiger partial charge in [0.1, 0.15) is 11.5 Å². The minimum Gasteiger partial charge on any atom is -0.497 e. The van der Waals surface area contributed by atoms with E-state index in [2.05, 4.69) is 5.43 Å². The first-order valence-electron chi connectivity index (χ1n) is 7.09. The Hall–Kier alpha value is -1.30. The molecule has 2 bridgehead atoms. The summed E-state index contributed by atoms with van der Waals surface area (Å²) < 4.78 is 16.6. The van der Waals surface area contributed by atoms with Crippen molar-refractivity contribution >= 4 is 0 Å². The summed E-state index contributed by atoms with van der Waals surface area (Å²) >= 11 is 0. The molecule has 0 amide bonds. The van der Waals surface area contributed by atoms with Gasteiger partial charge in [-0.2, -0.15) is 0 Å². The number of fused-ring (bicyclic) bond motifs is 2. The summed E-state index contributed by atoms with van der Waals surface area (Å²) in [5.41, 5.74) is 4.04. The second kappa shape index (κ2) is 5.60. The second-order valence-electron chi connectivity index (χ2n) is 5.56. The third kappa shape index (κ3) is 2.37. The molecule has 4 atom stereocenters. The summed E-state index contributed by atoms with van der Waals surface area (Å²) in [6.45, 7) is 0. The van der Waals surface area contributed by atoms with Crippen LogP contribution in [0.4, 0.5) is 0 Å². The summed E-state index contributed by atoms with van der Waals surface area (Å²) in [7, 11) is 3.31. The van der Waals surface area contributed by atoms with Gasteiger partial charge in [0, 0.05) is 12.0 Å². The molecule has 2 aliphatic rings. The van der Waals surface area contributed by atoms with Crippen molar-refractivity contribution in [2.75, 3.05) is 14.2 Å². The number of hydrogen-bond donors (Lipinski definition) is 2. The van der Waals surface area contributed by atoms with Gasteiger partial charge in [-0.15, -0.1) is 0 Å². The van der Waals surface area contributed by atoms with Crippen molar-refractivity contribution in [1.29, 1.82) is 0 Å². The monoisotopic (exact) mass is 278 g/mol. The van der Waals surface area contributed by atoms with Crippen molar-refractivity contribution in [3.05, 3.63) is 23.8 Å². The van der Waals surface area contributed by atoms with Gasteiger partial charge < -0.3 is 14.2 Å². The Kier molecular flexibility index (Phi) is 3.83. The average molecular weight is 278 g/mol. The van der Waals surface area contributed by atoms with Crippen molar-refractivity contribution in [3.63, 3.8) is 0 Å². The summed E-state index contributed by atoms with van der Waals surface area (Å²) in [6.07, 6.45) is 4.11. The van der Waals surface area contributed by atoms with Crippen LogP contribution in [0, 0.1) is 5.92 Å². The molecule has 20 heavy (non-hydrogen) atoms. The third-order valence-electron chi connectivity index (χ3n) is 4.49. The largest absolute Gasteiger partial charge is 0.497 e. The van der Waals surface area contributed by atoms with E-state index >= 15 is 0 Å². The fraction of sp³-hybridized carbons (Fsp3) is 0.600. The van der Waals surface area contributed by atoms with Gasteiger partial charge in [0.05, 0.1) is 32.5 Å². The Balaban J connectivity index is 1.88. The molecule has 4 unspecified atom stereocenters. The first-order chi connectivity index (χ1) is 9.75. The van der Waals surface area contributed by atoms with E-state index in [4.69, 9.17) is 20.1 Å². The van der Waals surface area contributed by atoms with Crippen LogP contribution in [0.15, 0.2) is 18.2 Å². The van der Waals surface area contributed by atoms with E-state index in [-0.39, 0.29) is 6.04 Å². The Bertz CT molecular complexity index is 458. The topological polar surface area (TPSA) is 65.7 Å². The highest BCUT2D eigenvalue weighted by molar-refractivity contribution is 5.40. The number of methoxy groups -OCH3 is 2. The Morgan fingerprint density at radius 2 is 1.90 bits per heavy atom. The van der Waals surface area contributed by atoms with Gasteiger partial charge in [0.25, 0.3) is 0 Å². The quantitative estimate of drug-likeness (QED) is 0.635. The number of ether oxygens (including phenoxy) is 3. The number of hydrazine groups is 1. The van der Waals surface area contributed by atoms with Crippen LogP contribution in [0.1, 0.15) is 30.9 Å². The fourth-order valence-electron chi connectivity index (χ4n) is 3.50. The molecule has 1 aromatic rings. The highest BCUT2D eigenvalue weighted by Gasteiger charge is 2.44. The van der Waals surface area contributed by atoms with E-state index in [1.54, 1.807) is 14.2 Å². The van der Waals surface area contributed by atoms with Gasteiger partial charge in [0.2, 0.25) is 0 Å². The van der Waals surface area contributed by atoms with E-state index in [1.807, 2.05) is 18.2 Å². The maximum atomic E-state index is 5.94. The van der Waals surface area contributed by atoms with Gasteiger partial charge in [0.15, 0.2) is 0 Å². The molecule has 0 radical (unpaired) electrons. The molecule has 1 aromatic carbocycles. The number of benzene rings is 1. The zero-order valence-electron chi connectivity index (χ0n) is 12.0. The van der Waals surface area contributed by atoms with Gasteiger partial charge in [-0.25, -0.2) is 0 Å². The lowest BCUT2D eigenvalue weighted by atomic mass is 9.81.